The fourth-order valence-electron chi connectivity index (χ4n) is 1.93. The zero-order chi connectivity index (χ0) is 15.2. The zero-order valence-electron chi connectivity index (χ0n) is 11.9. The van der Waals surface area contributed by atoms with Crippen LogP contribution in [0.4, 0.5) is 10.1 Å². The molecule has 0 saturated heterocycles. The number of anilines is 1. The van der Waals surface area contributed by atoms with Crippen molar-refractivity contribution in [2.75, 3.05) is 30.5 Å². The van der Waals surface area contributed by atoms with E-state index in [1.165, 1.54) is 26.8 Å². The molecule has 0 saturated carbocycles. The molecule has 5 nitrogen and oxygen atoms in total. The first-order valence-electron chi connectivity index (χ1n) is 6.70. The van der Waals surface area contributed by atoms with Crippen LogP contribution in [0.2, 0.25) is 0 Å². The molecule has 0 aliphatic carbocycles. The van der Waals surface area contributed by atoms with E-state index in [4.69, 9.17) is 5.73 Å². The Labute approximate surface area is 120 Å². The SMILES string of the molecule is CCN(CC)S(=O)(=O)N(CCCN)c1cccc(F)c1. The van der Waals surface area contributed by atoms with E-state index in [1.54, 1.807) is 19.9 Å². The molecule has 0 heterocycles. The van der Waals surface area contributed by atoms with E-state index >= 15 is 0 Å². The van der Waals surface area contributed by atoms with Crippen LogP contribution in [0.3, 0.4) is 0 Å². The number of rotatable bonds is 8. The lowest BCUT2D eigenvalue weighted by Gasteiger charge is -2.30. The predicted molar refractivity (Wildman–Crippen MR) is 79.3 cm³/mol. The molecule has 0 bridgehead atoms. The maximum absolute atomic E-state index is 13.3. The largest absolute Gasteiger partial charge is 0.330 e. The van der Waals surface area contributed by atoms with Crippen LogP contribution in [0, 0.1) is 5.82 Å². The molecule has 0 unspecified atom stereocenters. The molecule has 114 valence electrons. The molecule has 0 aromatic heterocycles. The number of nitrogens with two attached hydrogens (primary N) is 1. The highest BCUT2D eigenvalue weighted by atomic mass is 32.2. The second kappa shape index (κ2) is 7.56. The van der Waals surface area contributed by atoms with E-state index in [0.717, 1.165) is 0 Å². The Morgan fingerprint density at radius 2 is 1.90 bits per heavy atom. The van der Waals surface area contributed by atoms with Gasteiger partial charge in [-0.2, -0.15) is 12.7 Å². The average molecular weight is 303 g/mol. The van der Waals surface area contributed by atoms with Crippen LogP contribution >= 0.6 is 0 Å². The minimum Gasteiger partial charge on any atom is -0.330 e. The first-order valence-corrected chi connectivity index (χ1v) is 8.10. The summed E-state index contributed by atoms with van der Waals surface area (Å²) in [4.78, 5) is 0. The van der Waals surface area contributed by atoms with Crippen molar-refractivity contribution >= 4 is 15.9 Å². The van der Waals surface area contributed by atoms with Crippen molar-refractivity contribution in [3.8, 4) is 0 Å². The fraction of sp³-hybridized carbons (Fsp3) is 0.538. The van der Waals surface area contributed by atoms with Crippen molar-refractivity contribution in [1.29, 1.82) is 0 Å². The number of nitrogens with zero attached hydrogens (tertiary/aromatic N) is 2. The fourth-order valence-corrected chi connectivity index (χ4v) is 3.60. The summed E-state index contributed by atoms with van der Waals surface area (Å²) in [5.41, 5.74) is 5.78. The molecule has 0 aliphatic rings. The molecule has 0 amide bonds. The third-order valence-corrected chi connectivity index (χ3v) is 5.09. The van der Waals surface area contributed by atoms with Crippen molar-refractivity contribution in [2.24, 2.45) is 5.73 Å². The second-order valence-electron chi connectivity index (χ2n) is 4.29. The summed E-state index contributed by atoms with van der Waals surface area (Å²) in [6, 6.07) is 5.59. The lowest BCUT2D eigenvalue weighted by molar-refractivity contribution is 0.441. The molecule has 0 atom stereocenters. The molecule has 7 heteroatoms. The van der Waals surface area contributed by atoms with Gasteiger partial charge in [0.1, 0.15) is 5.82 Å². The summed E-state index contributed by atoms with van der Waals surface area (Å²) in [7, 11) is -3.66. The molecule has 2 N–H and O–H groups in total. The number of halogens is 1. The summed E-state index contributed by atoms with van der Waals surface area (Å²) >= 11 is 0. The van der Waals surface area contributed by atoms with Gasteiger partial charge in [0, 0.05) is 19.6 Å². The monoisotopic (exact) mass is 303 g/mol. The normalized spacial score (nSPS) is 11.8. The molecular weight excluding hydrogens is 281 g/mol. The zero-order valence-corrected chi connectivity index (χ0v) is 12.7. The number of hydrogen-bond donors (Lipinski definition) is 1. The smallest absolute Gasteiger partial charge is 0.304 e. The second-order valence-corrected chi connectivity index (χ2v) is 6.14. The molecule has 1 aromatic carbocycles. The van der Waals surface area contributed by atoms with Gasteiger partial charge in [-0.15, -0.1) is 0 Å². The predicted octanol–water partition coefficient (Wildman–Crippen LogP) is 1.57. The van der Waals surface area contributed by atoms with Crippen molar-refractivity contribution in [2.45, 2.75) is 20.3 Å². The summed E-state index contributed by atoms with van der Waals surface area (Å²) in [5.74, 6) is -0.463. The Kier molecular flexibility index (Phi) is 6.38. The Morgan fingerprint density at radius 1 is 1.25 bits per heavy atom. The third kappa shape index (κ3) is 3.91. The summed E-state index contributed by atoms with van der Waals surface area (Å²) in [5, 5.41) is 0. The average Bonchev–Trinajstić information content (AvgIpc) is 2.40. The summed E-state index contributed by atoms with van der Waals surface area (Å²) in [6.45, 7) is 4.89. The van der Waals surface area contributed by atoms with Gasteiger partial charge < -0.3 is 5.73 Å². The van der Waals surface area contributed by atoms with Crippen molar-refractivity contribution < 1.29 is 12.8 Å². The van der Waals surface area contributed by atoms with Gasteiger partial charge in [-0.3, -0.25) is 4.31 Å². The summed E-state index contributed by atoms with van der Waals surface area (Å²) in [6.07, 6.45) is 0.511. The minimum atomic E-state index is -3.66. The molecule has 1 aromatic rings. The molecule has 0 fully saturated rings. The van der Waals surface area contributed by atoms with E-state index in [0.29, 0.717) is 31.7 Å². The van der Waals surface area contributed by atoms with Gasteiger partial charge in [0.2, 0.25) is 0 Å². The highest BCUT2D eigenvalue weighted by molar-refractivity contribution is 7.90. The molecule has 1 rings (SSSR count). The number of benzene rings is 1. The van der Waals surface area contributed by atoms with Crippen LogP contribution in [0.5, 0.6) is 0 Å². The Bertz CT molecular complexity index is 518. The van der Waals surface area contributed by atoms with Gasteiger partial charge in [0.15, 0.2) is 0 Å². The summed E-state index contributed by atoms with van der Waals surface area (Å²) < 4.78 is 41.1. The van der Waals surface area contributed by atoms with E-state index in [1.807, 2.05) is 0 Å². The van der Waals surface area contributed by atoms with Gasteiger partial charge >= 0.3 is 10.2 Å². The Balaban J connectivity index is 3.18. The first-order chi connectivity index (χ1) is 9.47. The van der Waals surface area contributed by atoms with E-state index in [9.17, 15) is 12.8 Å². The van der Waals surface area contributed by atoms with Gasteiger partial charge in [0.05, 0.1) is 5.69 Å². The quantitative estimate of drug-likeness (QED) is 0.792. The molecule has 20 heavy (non-hydrogen) atoms. The van der Waals surface area contributed by atoms with Crippen LogP contribution < -0.4 is 10.0 Å². The van der Waals surface area contributed by atoms with Crippen LogP contribution in [-0.4, -0.2) is 38.9 Å². The standard InChI is InChI=1S/C13H22FN3O2S/c1-3-16(4-2)20(18,19)17(10-6-9-15)13-8-5-7-12(14)11-13/h5,7-8,11H,3-4,6,9-10,15H2,1-2H3. The van der Waals surface area contributed by atoms with Gasteiger partial charge in [-0.1, -0.05) is 19.9 Å². The van der Waals surface area contributed by atoms with Gasteiger partial charge in [-0.05, 0) is 31.2 Å². The molecule has 0 aliphatic heterocycles. The molecular formula is C13H22FN3O2S. The Morgan fingerprint density at radius 3 is 2.40 bits per heavy atom. The first kappa shape index (κ1) is 16.9. The van der Waals surface area contributed by atoms with Crippen molar-refractivity contribution in [3.05, 3.63) is 30.1 Å². The van der Waals surface area contributed by atoms with E-state index < -0.39 is 16.0 Å². The van der Waals surface area contributed by atoms with Crippen LogP contribution in [0.15, 0.2) is 24.3 Å². The highest BCUT2D eigenvalue weighted by Gasteiger charge is 2.27. The van der Waals surface area contributed by atoms with Crippen molar-refractivity contribution in [3.63, 3.8) is 0 Å². The molecule has 0 spiro atoms. The number of hydrogen-bond acceptors (Lipinski definition) is 3. The topological polar surface area (TPSA) is 66.6 Å². The minimum absolute atomic E-state index is 0.235. The maximum atomic E-state index is 13.3. The maximum Gasteiger partial charge on any atom is 0.304 e. The lowest BCUT2D eigenvalue weighted by atomic mass is 10.3. The van der Waals surface area contributed by atoms with E-state index in [-0.39, 0.29) is 6.54 Å². The van der Waals surface area contributed by atoms with Crippen LogP contribution in [0.1, 0.15) is 20.3 Å². The van der Waals surface area contributed by atoms with Gasteiger partial charge in [-0.25, -0.2) is 4.39 Å². The van der Waals surface area contributed by atoms with Crippen molar-refractivity contribution in [1.82, 2.24) is 4.31 Å². The van der Waals surface area contributed by atoms with Crippen LogP contribution in [-0.2, 0) is 10.2 Å². The van der Waals surface area contributed by atoms with Gasteiger partial charge in [0.25, 0.3) is 0 Å². The Hall–Kier alpha value is -1.18. The van der Waals surface area contributed by atoms with E-state index in [2.05, 4.69) is 0 Å². The third-order valence-electron chi connectivity index (χ3n) is 2.97. The molecule has 0 radical (unpaired) electrons. The highest BCUT2D eigenvalue weighted by Crippen LogP contribution is 2.21. The van der Waals surface area contributed by atoms with Crippen LogP contribution in [0.25, 0.3) is 0 Å². The lowest BCUT2D eigenvalue weighted by Crippen LogP contribution is -2.44.